The molecule has 0 aromatic carbocycles. The number of rotatable bonds is 9. The number of hydrogen-bond acceptors (Lipinski definition) is 4. The predicted molar refractivity (Wildman–Crippen MR) is 58.6 cm³/mol. The summed E-state index contributed by atoms with van der Waals surface area (Å²) >= 11 is 0. The zero-order valence-electron chi connectivity index (χ0n) is 9.84. The summed E-state index contributed by atoms with van der Waals surface area (Å²) in [5.41, 5.74) is 0. The van der Waals surface area contributed by atoms with Gasteiger partial charge in [-0.25, -0.2) is 0 Å². The van der Waals surface area contributed by atoms with Crippen LogP contribution >= 0.6 is 0 Å². The van der Waals surface area contributed by atoms with E-state index in [1.54, 1.807) is 0 Å². The Bertz CT molecular complexity index is 159. The van der Waals surface area contributed by atoms with Crippen molar-refractivity contribution < 1.29 is 14.3 Å². The lowest BCUT2D eigenvalue weighted by molar-refractivity contribution is -0.132. The van der Waals surface area contributed by atoms with Crippen LogP contribution in [-0.4, -0.2) is 45.0 Å². The molecular formula is C10H22N2O3. The van der Waals surface area contributed by atoms with E-state index in [0.29, 0.717) is 26.3 Å². The molecule has 0 aliphatic carbocycles. The molecule has 0 radical (unpaired) electrons. The van der Waals surface area contributed by atoms with Crippen molar-refractivity contribution in [1.29, 1.82) is 0 Å². The van der Waals surface area contributed by atoms with Gasteiger partial charge in [-0.05, 0) is 13.8 Å². The molecule has 0 aromatic heterocycles. The smallest absolute Gasteiger partial charge is 0.216 e. The average molecular weight is 218 g/mol. The van der Waals surface area contributed by atoms with E-state index in [2.05, 4.69) is 10.6 Å². The van der Waals surface area contributed by atoms with Gasteiger partial charge in [0.25, 0.3) is 0 Å². The van der Waals surface area contributed by atoms with Crippen LogP contribution < -0.4 is 10.6 Å². The number of amides is 1. The van der Waals surface area contributed by atoms with Crippen LogP contribution in [0.15, 0.2) is 0 Å². The van der Waals surface area contributed by atoms with E-state index in [1.807, 2.05) is 13.8 Å². The summed E-state index contributed by atoms with van der Waals surface area (Å²) in [6.45, 7) is 8.63. The molecule has 90 valence electrons. The third-order valence-electron chi connectivity index (χ3n) is 1.69. The van der Waals surface area contributed by atoms with Crippen molar-refractivity contribution >= 4 is 5.91 Å². The highest BCUT2D eigenvalue weighted by Crippen LogP contribution is 1.92. The van der Waals surface area contributed by atoms with Gasteiger partial charge in [0, 0.05) is 39.8 Å². The van der Waals surface area contributed by atoms with Crippen LogP contribution in [0, 0.1) is 0 Å². The molecule has 0 rings (SSSR count). The molecule has 15 heavy (non-hydrogen) atoms. The Morgan fingerprint density at radius 2 is 1.80 bits per heavy atom. The monoisotopic (exact) mass is 218 g/mol. The van der Waals surface area contributed by atoms with Gasteiger partial charge in [-0.15, -0.1) is 0 Å². The molecule has 0 saturated carbocycles. The maximum absolute atomic E-state index is 10.6. The number of carbonyl (C=O) groups excluding carboxylic acids is 1. The quantitative estimate of drug-likeness (QED) is 0.426. The summed E-state index contributed by atoms with van der Waals surface area (Å²) in [6, 6.07) is 0. The summed E-state index contributed by atoms with van der Waals surface area (Å²) in [4.78, 5) is 10.6. The average Bonchev–Trinajstić information content (AvgIpc) is 2.17. The largest absolute Gasteiger partial charge is 0.355 e. The Morgan fingerprint density at radius 3 is 2.27 bits per heavy atom. The molecule has 0 bridgehead atoms. The van der Waals surface area contributed by atoms with E-state index in [1.165, 1.54) is 6.92 Å². The van der Waals surface area contributed by atoms with E-state index < -0.39 is 0 Å². The lowest BCUT2D eigenvalue weighted by Crippen LogP contribution is -2.36. The van der Waals surface area contributed by atoms with Crippen molar-refractivity contribution in [2.45, 2.75) is 27.1 Å². The van der Waals surface area contributed by atoms with Crippen LogP contribution in [0.25, 0.3) is 0 Å². The van der Waals surface area contributed by atoms with Gasteiger partial charge in [0.1, 0.15) is 0 Å². The maximum Gasteiger partial charge on any atom is 0.216 e. The summed E-state index contributed by atoms with van der Waals surface area (Å²) < 4.78 is 10.7. The fourth-order valence-corrected chi connectivity index (χ4v) is 1.08. The Balaban J connectivity index is 3.39. The van der Waals surface area contributed by atoms with Crippen molar-refractivity contribution in [1.82, 2.24) is 10.6 Å². The van der Waals surface area contributed by atoms with Crippen LogP contribution in [0.4, 0.5) is 0 Å². The fraction of sp³-hybridized carbons (Fsp3) is 0.900. The lowest BCUT2D eigenvalue weighted by atomic mass is 10.5. The molecule has 1 amide bonds. The van der Waals surface area contributed by atoms with Gasteiger partial charge in [0.2, 0.25) is 5.91 Å². The van der Waals surface area contributed by atoms with Gasteiger partial charge < -0.3 is 20.1 Å². The summed E-state index contributed by atoms with van der Waals surface area (Å²) in [5.74, 6) is -0.0111. The molecule has 0 aromatic rings. The first-order chi connectivity index (χ1) is 7.20. The standard InChI is InChI=1S/C10H22N2O3/c1-4-14-10(15-5-2)8-11-6-7-12-9(3)13/h10-11H,4-8H2,1-3H3,(H,12,13). The molecule has 0 spiro atoms. The van der Waals surface area contributed by atoms with Crippen LogP contribution in [0.5, 0.6) is 0 Å². The first-order valence-corrected chi connectivity index (χ1v) is 5.39. The van der Waals surface area contributed by atoms with Crippen molar-refractivity contribution in [3.63, 3.8) is 0 Å². The molecule has 5 heteroatoms. The molecule has 0 atom stereocenters. The van der Waals surface area contributed by atoms with Crippen molar-refractivity contribution in [3.05, 3.63) is 0 Å². The van der Waals surface area contributed by atoms with Gasteiger partial charge in [0.15, 0.2) is 6.29 Å². The second-order valence-corrected chi connectivity index (χ2v) is 3.03. The van der Waals surface area contributed by atoms with E-state index in [-0.39, 0.29) is 12.2 Å². The summed E-state index contributed by atoms with van der Waals surface area (Å²) in [5, 5.41) is 5.85. The first kappa shape index (κ1) is 14.3. The highest BCUT2D eigenvalue weighted by molar-refractivity contribution is 5.72. The Hall–Kier alpha value is -0.650. The maximum atomic E-state index is 10.6. The number of ether oxygens (including phenoxy) is 2. The minimum atomic E-state index is -0.197. The number of hydrogen-bond donors (Lipinski definition) is 2. The molecular weight excluding hydrogens is 196 g/mol. The highest BCUT2D eigenvalue weighted by atomic mass is 16.7. The zero-order valence-corrected chi connectivity index (χ0v) is 9.84. The van der Waals surface area contributed by atoms with E-state index in [0.717, 1.165) is 6.54 Å². The van der Waals surface area contributed by atoms with Gasteiger partial charge in [-0.1, -0.05) is 0 Å². The first-order valence-electron chi connectivity index (χ1n) is 5.39. The third kappa shape index (κ3) is 9.65. The highest BCUT2D eigenvalue weighted by Gasteiger charge is 2.05. The molecule has 5 nitrogen and oxygen atoms in total. The second-order valence-electron chi connectivity index (χ2n) is 3.03. The molecule has 0 aliphatic heterocycles. The van der Waals surface area contributed by atoms with Crippen LogP contribution in [0.1, 0.15) is 20.8 Å². The van der Waals surface area contributed by atoms with Gasteiger partial charge >= 0.3 is 0 Å². The third-order valence-corrected chi connectivity index (χ3v) is 1.69. The van der Waals surface area contributed by atoms with Crippen LogP contribution in [0.2, 0.25) is 0 Å². The van der Waals surface area contributed by atoms with Gasteiger partial charge in [-0.3, -0.25) is 4.79 Å². The van der Waals surface area contributed by atoms with E-state index in [4.69, 9.17) is 9.47 Å². The summed E-state index contributed by atoms with van der Waals surface area (Å²) in [6.07, 6.45) is -0.197. The zero-order chi connectivity index (χ0) is 11.5. The molecule has 0 unspecified atom stereocenters. The molecule has 0 fully saturated rings. The molecule has 0 saturated heterocycles. The van der Waals surface area contributed by atoms with Crippen molar-refractivity contribution in [2.75, 3.05) is 32.8 Å². The minimum absolute atomic E-state index is 0.0111. The number of nitrogens with one attached hydrogen (secondary N) is 2. The minimum Gasteiger partial charge on any atom is -0.355 e. The Labute approximate surface area is 91.5 Å². The van der Waals surface area contributed by atoms with Crippen LogP contribution in [0.3, 0.4) is 0 Å². The fourth-order valence-electron chi connectivity index (χ4n) is 1.08. The lowest BCUT2D eigenvalue weighted by Gasteiger charge is -2.17. The van der Waals surface area contributed by atoms with Gasteiger partial charge in [-0.2, -0.15) is 0 Å². The molecule has 0 aliphatic rings. The molecule has 0 heterocycles. The summed E-state index contributed by atoms with van der Waals surface area (Å²) in [7, 11) is 0. The van der Waals surface area contributed by atoms with E-state index >= 15 is 0 Å². The second kappa shape index (κ2) is 9.89. The number of carbonyl (C=O) groups is 1. The van der Waals surface area contributed by atoms with Crippen molar-refractivity contribution in [2.24, 2.45) is 0 Å². The normalized spacial score (nSPS) is 10.7. The van der Waals surface area contributed by atoms with Crippen LogP contribution in [-0.2, 0) is 14.3 Å². The van der Waals surface area contributed by atoms with Crippen molar-refractivity contribution in [3.8, 4) is 0 Å². The van der Waals surface area contributed by atoms with E-state index in [9.17, 15) is 4.79 Å². The molecule has 2 N–H and O–H groups in total. The van der Waals surface area contributed by atoms with Gasteiger partial charge in [0.05, 0.1) is 0 Å². The predicted octanol–water partition coefficient (Wildman–Crippen LogP) is 0.111. The SMILES string of the molecule is CCOC(CNCCNC(C)=O)OCC. The Morgan fingerprint density at radius 1 is 1.20 bits per heavy atom. The Kier molecular flexibility index (Phi) is 9.46. The topological polar surface area (TPSA) is 59.6 Å².